The summed E-state index contributed by atoms with van der Waals surface area (Å²) >= 11 is 4.94. The van der Waals surface area contributed by atoms with Crippen molar-refractivity contribution in [2.75, 3.05) is 5.32 Å². The summed E-state index contributed by atoms with van der Waals surface area (Å²) in [6.07, 6.45) is 0. The van der Waals surface area contributed by atoms with Crippen LogP contribution in [0.2, 0.25) is 0 Å². The average Bonchev–Trinajstić information content (AvgIpc) is 2.76. The number of anilines is 1. The van der Waals surface area contributed by atoms with Crippen molar-refractivity contribution in [3.63, 3.8) is 0 Å². The van der Waals surface area contributed by atoms with Gasteiger partial charge >= 0.3 is 0 Å². The summed E-state index contributed by atoms with van der Waals surface area (Å²) in [4.78, 5) is 17.4. The first kappa shape index (κ1) is 15.2. The first-order valence-electron chi connectivity index (χ1n) is 6.43. The normalized spacial score (nSPS) is 10.9. The fraction of sp³-hybridized carbons (Fsp3) is 0.333. The molecule has 0 aliphatic heterocycles. The number of rotatable bonds is 3. The highest BCUT2D eigenvalue weighted by Crippen LogP contribution is 2.26. The molecule has 0 bridgehead atoms. The molecule has 0 spiro atoms. The summed E-state index contributed by atoms with van der Waals surface area (Å²) in [5.74, 6) is 0.247. The number of nitrogens with zero attached hydrogens (tertiary/aromatic N) is 1. The van der Waals surface area contributed by atoms with Gasteiger partial charge in [-0.3, -0.25) is 4.79 Å². The van der Waals surface area contributed by atoms with Crippen LogP contribution < -0.4 is 5.32 Å². The van der Waals surface area contributed by atoms with Crippen molar-refractivity contribution in [3.8, 4) is 0 Å². The highest BCUT2D eigenvalue weighted by Gasteiger charge is 2.17. The van der Waals surface area contributed by atoms with Crippen molar-refractivity contribution in [3.05, 3.63) is 43.8 Å². The van der Waals surface area contributed by atoms with Gasteiger partial charge in [0.05, 0.1) is 10.7 Å². The Bertz CT molecular complexity index is 649. The molecule has 0 radical (unpaired) electrons. The summed E-state index contributed by atoms with van der Waals surface area (Å²) in [5.41, 5.74) is 2.72. The second-order valence-electron chi connectivity index (χ2n) is 5.04. The van der Waals surface area contributed by atoms with Crippen LogP contribution in [0, 0.1) is 13.8 Å². The molecular weight excluding hydrogens is 336 g/mol. The van der Waals surface area contributed by atoms with Gasteiger partial charge in [-0.2, -0.15) is 0 Å². The molecule has 1 N–H and O–H groups in total. The molecule has 2 aromatic rings. The summed E-state index contributed by atoms with van der Waals surface area (Å²) in [7, 11) is 0. The van der Waals surface area contributed by atoms with E-state index in [0.717, 1.165) is 26.4 Å². The van der Waals surface area contributed by atoms with E-state index < -0.39 is 0 Å². The Morgan fingerprint density at radius 2 is 2.05 bits per heavy atom. The van der Waals surface area contributed by atoms with Crippen molar-refractivity contribution in [2.24, 2.45) is 0 Å². The number of aromatic nitrogens is 1. The summed E-state index contributed by atoms with van der Waals surface area (Å²) in [5, 5.41) is 3.92. The van der Waals surface area contributed by atoms with Crippen LogP contribution in [0.25, 0.3) is 0 Å². The molecule has 5 heteroatoms. The Morgan fingerprint density at radius 1 is 1.35 bits per heavy atom. The number of amides is 1. The summed E-state index contributed by atoms with van der Waals surface area (Å²) in [6.45, 7) is 8.05. The van der Waals surface area contributed by atoms with E-state index in [0.29, 0.717) is 10.8 Å². The van der Waals surface area contributed by atoms with Gasteiger partial charge < -0.3 is 5.32 Å². The topological polar surface area (TPSA) is 42.0 Å². The molecule has 3 nitrogen and oxygen atoms in total. The molecule has 1 amide bonds. The predicted octanol–water partition coefficient (Wildman–Crippen LogP) is 4.90. The number of aryl methyl sites for hydroxylation is 2. The minimum absolute atomic E-state index is 0.0948. The molecule has 1 aromatic heterocycles. The van der Waals surface area contributed by atoms with Gasteiger partial charge in [0.25, 0.3) is 5.91 Å². The van der Waals surface area contributed by atoms with Gasteiger partial charge in [-0.15, -0.1) is 11.3 Å². The van der Waals surface area contributed by atoms with Crippen LogP contribution in [-0.2, 0) is 0 Å². The Morgan fingerprint density at radius 3 is 2.60 bits per heavy atom. The number of nitrogens with one attached hydrogen (secondary N) is 1. The number of hydrogen-bond donors (Lipinski definition) is 1. The third-order valence-corrected chi connectivity index (χ3v) is 5.25. The van der Waals surface area contributed by atoms with Crippen LogP contribution in [0.1, 0.15) is 45.7 Å². The lowest BCUT2D eigenvalue weighted by molar-refractivity contribution is 0.103. The number of benzene rings is 1. The molecule has 0 atom stereocenters. The maximum Gasteiger partial charge on any atom is 0.267 e. The monoisotopic (exact) mass is 352 g/mol. The molecule has 0 saturated heterocycles. The van der Waals surface area contributed by atoms with Gasteiger partial charge in [0, 0.05) is 16.1 Å². The van der Waals surface area contributed by atoms with Gasteiger partial charge in [-0.25, -0.2) is 4.98 Å². The molecule has 2 rings (SSSR count). The van der Waals surface area contributed by atoms with E-state index in [9.17, 15) is 4.79 Å². The van der Waals surface area contributed by atoms with Crippen LogP contribution in [-0.4, -0.2) is 10.9 Å². The van der Waals surface area contributed by atoms with E-state index in [1.165, 1.54) is 11.3 Å². The number of hydrogen-bond acceptors (Lipinski definition) is 3. The van der Waals surface area contributed by atoms with E-state index >= 15 is 0 Å². The zero-order valence-electron chi connectivity index (χ0n) is 12.0. The van der Waals surface area contributed by atoms with Crippen LogP contribution in [0.5, 0.6) is 0 Å². The molecule has 0 fully saturated rings. The minimum atomic E-state index is -0.0948. The van der Waals surface area contributed by atoms with E-state index in [1.807, 2.05) is 32.0 Å². The van der Waals surface area contributed by atoms with Gasteiger partial charge in [-0.05, 0) is 31.5 Å². The van der Waals surface area contributed by atoms with Crippen molar-refractivity contribution >= 4 is 38.9 Å². The second kappa shape index (κ2) is 6.06. The Kier molecular flexibility index (Phi) is 4.60. The SMILES string of the molecule is Cc1ccc(NC(=O)c2sc(C(C)C)nc2C)cc1Br. The number of halogens is 1. The molecule has 20 heavy (non-hydrogen) atoms. The first-order chi connectivity index (χ1) is 9.38. The van der Waals surface area contributed by atoms with Crippen LogP contribution >= 0.6 is 27.3 Å². The lowest BCUT2D eigenvalue weighted by Crippen LogP contribution is -2.11. The maximum atomic E-state index is 12.3. The van der Waals surface area contributed by atoms with Gasteiger partial charge in [0.15, 0.2) is 0 Å². The molecule has 0 aliphatic rings. The fourth-order valence-electron chi connectivity index (χ4n) is 1.73. The van der Waals surface area contributed by atoms with Crippen LogP contribution in [0.15, 0.2) is 22.7 Å². The zero-order chi connectivity index (χ0) is 14.9. The van der Waals surface area contributed by atoms with Crippen molar-refractivity contribution in [2.45, 2.75) is 33.6 Å². The third kappa shape index (κ3) is 3.27. The van der Waals surface area contributed by atoms with Crippen LogP contribution in [0.4, 0.5) is 5.69 Å². The third-order valence-electron chi connectivity index (χ3n) is 2.94. The lowest BCUT2D eigenvalue weighted by Gasteiger charge is -2.06. The smallest absolute Gasteiger partial charge is 0.267 e. The second-order valence-corrected chi connectivity index (χ2v) is 6.92. The molecule has 1 heterocycles. The van der Waals surface area contributed by atoms with Gasteiger partial charge in [0.1, 0.15) is 4.88 Å². The quantitative estimate of drug-likeness (QED) is 0.853. The highest BCUT2D eigenvalue weighted by atomic mass is 79.9. The van der Waals surface area contributed by atoms with Crippen LogP contribution in [0.3, 0.4) is 0 Å². The van der Waals surface area contributed by atoms with Gasteiger partial charge in [-0.1, -0.05) is 35.8 Å². The van der Waals surface area contributed by atoms with Crippen molar-refractivity contribution in [1.29, 1.82) is 0 Å². The van der Waals surface area contributed by atoms with Crippen molar-refractivity contribution < 1.29 is 4.79 Å². The van der Waals surface area contributed by atoms with E-state index in [1.54, 1.807) is 0 Å². The Hall–Kier alpha value is -1.20. The first-order valence-corrected chi connectivity index (χ1v) is 8.04. The molecular formula is C15H17BrN2OS. The van der Waals surface area contributed by atoms with Gasteiger partial charge in [0.2, 0.25) is 0 Å². The van der Waals surface area contributed by atoms with E-state index in [-0.39, 0.29) is 5.91 Å². The minimum Gasteiger partial charge on any atom is -0.321 e. The maximum absolute atomic E-state index is 12.3. The number of carbonyl (C=O) groups excluding carboxylic acids is 1. The highest BCUT2D eigenvalue weighted by molar-refractivity contribution is 9.10. The Labute approximate surface area is 131 Å². The van der Waals surface area contributed by atoms with E-state index in [2.05, 4.69) is 40.1 Å². The fourth-order valence-corrected chi connectivity index (χ4v) is 3.08. The summed E-state index contributed by atoms with van der Waals surface area (Å²) in [6, 6.07) is 5.78. The Balaban J connectivity index is 2.21. The van der Waals surface area contributed by atoms with Crippen molar-refractivity contribution in [1.82, 2.24) is 4.98 Å². The predicted molar refractivity (Wildman–Crippen MR) is 87.8 cm³/mol. The molecule has 0 aliphatic carbocycles. The molecule has 0 unspecified atom stereocenters. The largest absolute Gasteiger partial charge is 0.321 e. The molecule has 0 saturated carbocycles. The lowest BCUT2D eigenvalue weighted by atomic mass is 10.2. The average molecular weight is 353 g/mol. The standard InChI is InChI=1S/C15H17BrN2OS/c1-8(2)15-17-10(4)13(20-15)14(19)18-11-6-5-9(3)12(16)7-11/h5-8H,1-4H3,(H,18,19). The van der Waals surface area contributed by atoms with E-state index in [4.69, 9.17) is 0 Å². The molecule has 1 aromatic carbocycles. The summed E-state index contributed by atoms with van der Waals surface area (Å²) < 4.78 is 0.985. The molecule has 106 valence electrons. The number of thiazole rings is 1. The zero-order valence-corrected chi connectivity index (χ0v) is 14.4. The number of carbonyl (C=O) groups is 1.